The van der Waals surface area contributed by atoms with Crippen molar-refractivity contribution in [2.45, 2.75) is 32.7 Å². The Morgan fingerprint density at radius 1 is 1.47 bits per heavy atom. The maximum absolute atomic E-state index is 11.5. The van der Waals surface area contributed by atoms with Crippen molar-refractivity contribution in [3.05, 3.63) is 12.2 Å². The number of nitrogens with zero attached hydrogens (tertiary/aromatic N) is 2. The minimum absolute atomic E-state index is 0.180. The van der Waals surface area contributed by atoms with E-state index in [-0.39, 0.29) is 5.92 Å². The van der Waals surface area contributed by atoms with Crippen molar-refractivity contribution in [2.24, 2.45) is 5.92 Å². The Balaban J connectivity index is 2.30. The fourth-order valence-electron chi connectivity index (χ4n) is 1.49. The molecule has 8 heteroatoms. The minimum atomic E-state index is -1.04. The maximum Gasteiger partial charge on any atom is 0.326 e. The lowest BCUT2D eigenvalue weighted by Gasteiger charge is -2.16. The normalized spacial score (nSPS) is 12.2. The molecule has 0 aromatic carbocycles. The summed E-state index contributed by atoms with van der Waals surface area (Å²) in [5.41, 5.74) is 0. The number of aliphatic carboxylic acids is 1. The van der Waals surface area contributed by atoms with Gasteiger partial charge in [-0.05, 0) is 12.3 Å². The average molecular weight is 270 g/mol. The molecule has 0 spiro atoms. The molecule has 1 unspecified atom stereocenters. The van der Waals surface area contributed by atoms with E-state index < -0.39 is 18.0 Å². The zero-order valence-electron chi connectivity index (χ0n) is 10.9. The molecular formula is C11H18N4O4. The van der Waals surface area contributed by atoms with E-state index in [4.69, 9.17) is 9.63 Å². The Hall–Kier alpha value is -2.12. The van der Waals surface area contributed by atoms with Crippen LogP contribution in [0.3, 0.4) is 0 Å². The van der Waals surface area contributed by atoms with Gasteiger partial charge in [-0.15, -0.1) is 0 Å². The summed E-state index contributed by atoms with van der Waals surface area (Å²) in [4.78, 5) is 26.3. The van der Waals surface area contributed by atoms with Crippen LogP contribution in [0.5, 0.6) is 0 Å². The third-order valence-electron chi connectivity index (χ3n) is 2.34. The van der Waals surface area contributed by atoms with Crippen molar-refractivity contribution in [3.63, 3.8) is 0 Å². The molecule has 19 heavy (non-hydrogen) atoms. The van der Waals surface area contributed by atoms with Crippen LogP contribution in [0.25, 0.3) is 0 Å². The molecule has 0 aliphatic carbocycles. The zero-order chi connectivity index (χ0) is 14.3. The van der Waals surface area contributed by atoms with Gasteiger partial charge in [0.2, 0.25) is 5.89 Å². The summed E-state index contributed by atoms with van der Waals surface area (Å²) in [7, 11) is 0. The first-order valence-electron chi connectivity index (χ1n) is 6.01. The number of carboxylic acids is 1. The predicted molar refractivity (Wildman–Crippen MR) is 65.4 cm³/mol. The topological polar surface area (TPSA) is 117 Å². The van der Waals surface area contributed by atoms with Crippen LogP contribution in [0.2, 0.25) is 0 Å². The molecule has 1 aromatic heterocycles. The van der Waals surface area contributed by atoms with E-state index in [1.54, 1.807) is 0 Å². The van der Waals surface area contributed by atoms with Gasteiger partial charge in [-0.2, -0.15) is 4.98 Å². The highest BCUT2D eigenvalue weighted by Crippen LogP contribution is 2.04. The number of carboxylic acid groups (broad SMARTS) is 1. The molecule has 1 heterocycles. The number of nitrogens with one attached hydrogen (secondary N) is 2. The Morgan fingerprint density at radius 3 is 2.74 bits per heavy atom. The summed E-state index contributed by atoms with van der Waals surface area (Å²) in [5, 5.41) is 17.4. The van der Waals surface area contributed by atoms with Gasteiger partial charge in [0.1, 0.15) is 6.04 Å². The van der Waals surface area contributed by atoms with Gasteiger partial charge < -0.3 is 20.3 Å². The molecule has 0 bridgehead atoms. The van der Waals surface area contributed by atoms with E-state index in [0.717, 1.165) is 0 Å². The van der Waals surface area contributed by atoms with Gasteiger partial charge in [-0.25, -0.2) is 9.59 Å². The lowest BCUT2D eigenvalue weighted by molar-refractivity contribution is -0.139. The second kappa shape index (κ2) is 7.34. The van der Waals surface area contributed by atoms with Crippen LogP contribution in [0, 0.1) is 5.92 Å². The van der Waals surface area contributed by atoms with Gasteiger partial charge in [0.25, 0.3) is 0 Å². The molecule has 3 N–H and O–H groups in total. The van der Waals surface area contributed by atoms with Crippen LogP contribution >= 0.6 is 0 Å². The molecule has 0 saturated heterocycles. The van der Waals surface area contributed by atoms with Crippen LogP contribution in [-0.2, 0) is 11.2 Å². The van der Waals surface area contributed by atoms with Crippen LogP contribution in [0.1, 0.15) is 26.2 Å². The highest BCUT2D eigenvalue weighted by atomic mass is 16.5. The molecule has 1 atom stereocenters. The highest BCUT2D eigenvalue weighted by Gasteiger charge is 2.20. The average Bonchev–Trinajstić information content (AvgIpc) is 2.80. The summed E-state index contributed by atoms with van der Waals surface area (Å²) < 4.78 is 4.76. The summed E-state index contributed by atoms with van der Waals surface area (Å²) in [6, 6.07) is -1.41. The third kappa shape index (κ3) is 5.84. The van der Waals surface area contributed by atoms with Gasteiger partial charge in [0.05, 0.1) is 0 Å². The van der Waals surface area contributed by atoms with Crippen LogP contribution < -0.4 is 10.6 Å². The number of amides is 2. The van der Waals surface area contributed by atoms with Crippen molar-refractivity contribution in [2.75, 3.05) is 6.54 Å². The van der Waals surface area contributed by atoms with E-state index in [0.29, 0.717) is 25.3 Å². The number of hydrogen-bond donors (Lipinski definition) is 3. The van der Waals surface area contributed by atoms with Crippen molar-refractivity contribution >= 4 is 12.0 Å². The molecule has 0 aliphatic heterocycles. The standard InChI is InChI=1S/C11H18N4O4/c1-7(2)5-8(10(16)17)15-11(18)12-4-3-9-13-6-14-19-9/h6-8H,3-5H2,1-2H3,(H,16,17)(H2,12,15,18). The summed E-state index contributed by atoms with van der Waals surface area (Å²) in [6.45, 7) is 4.08. The molecule has 2 amide bonds. The summed E-state index contributed by atoms with van der Waals surface area (Å²) >= 11 is 0. The fraction of sp³-hybridized carbons (Fsp3) is 0.636. The monoisotopic (exact) mass is 270 g/mol. The second-order valence-electron chi connectivity index (χ2n) is 4.51. The van der Waals surface area contributed by atoms with E-state index >= 15 is 0 Å². The molecule has 0 aliphatic rings. The van der Waals surface area contributed by atoms with E-state index in [1.807, 2.05) is 13.8 Å². The summed E-state index contributed by atoms with van der Waals surface area (Å²) in [5.74, 6) is -0.446. The smallest absolute Gasteiger partial charge is 0.326 e. The first-order chi connectivity index (χ1) is 8.99. The Labute approximate surface area is 110 Å². The number of urea groups is 1. The Bertz CT molecular complexity index is 405. The largest absolute Gasteiger partial charge is 0.480 e. The molecule has 0 radical (unpaired) electrons. The number of rotatable bonds is 7. The van der Waals surface area contributed by atoms with Gasteiger partial charge in [-0.3, -0.25) is 0 Å². The van der Waals surface area contributed by atoms with Crippen molar-refractivity contribution in [1.29, 1.82) is 0 Å². The van der Waals surface area contributed by atoms with Crippen molar-refractivity contribution < 1.29 is 19.2 Å². The van der Waals surface area contributed by atoms with Crippen molar-refractivity contribution in [3.8, 4) is 0 Å². The quantitative estimate of drug-likeness (QED) is 0.660. The number of carbonyl (C=O) groups is 2. The second-order valence-corrected chi connectivity index (χ2v) is 4.51. The Morgan fingerprint density at radius 2 is 2.21 bits per heavy atom. The molecule has 1 aromatic rings. The van der Waals surface area contributed by atoms with Gasteiger partial charge in [0.15, 0.2) is 6.33 Å². The van der Waals surface area contributed by atoms with E-state index in [1.165, 1.54) is 6.33 Å². The third-order valence-corrected chi connectivity index (χ3v) is 2.34. The lowest BCUT2D eigenvalue weighted by atomic mass is 10.0. The number of hydrogen-bond acceptors (Lipinski definition) is 5. The fourth-order valence-corrected chi connectivity index (χ4v) is 1.49. The molecular weight excluding hydrogens is 252 g/mol. The first kappa shape index (κ1) is 14.9. The number of carbonyl (C=O) groups excluding carboxylic acids is 1. The number of aromatic nitrogens is 2. The maximum atomic E-state index is 11.5. The highest BCUT2D eigenvalue weighted by molar-refractivity contribution is 5.82. The lowest BCUT2D eigenvalue weighted by Crippen LogP contribution is -2.47. The van der Waals surface area contributed by atoms with Gasteiger partial charge in [-0.1, -0.05) is 19.0 Å². The summed E-state index contributed by atoms with van der Waals surface area (Å²) in [6.07, 6.45) is 2.06. The molecule has 106 valence electrons. The molecule has 8 nitrogen and oxygen atoms in total. The SMILES string of the molecule is CC(C)CC(NC(=O)NCCc1ncno1)C(=O)O. The molecule has 0 fully saturated rings. The van der Waals surface area contributed by atoms with Crippen LogP contribution in [0.15, 0.2) is 10.9 Å². The van der Waals surface area contributed by atoms with E-state index in [9.17, 15) is 9.59 Å². The zero-order valence-corrected chi connectivity index (χ0v) is 10.9. The Kier molecular flexibility index (Phi) is 5.77. The van der Waals surface area contributed by atoms with Crippen LogP contribution in [0.4, 0.5) is 4.79 Å². The van der Waals surface area contributed by atoms with Gasteiger partial charge >= 0.3 is 12.0 Å². The van der Waals surface area contributed by atoms with Crippen LogP contribution in [-0.4, -0.2) is 39.8 Å². The van der Waals surface area contributed by atoms with E-state index in [2.05, 4.69) is 20.8 Å². The van der Waals surface area contributed by atoms with Gasteiger partial charge in [0, 0.05) is 13.0 Å². The van der Waals surface area contributed by atoms with Crippen molar-refractivity contribution in [1.82, 2.24) is 20.8 Å². The molecule has 0 saturated carbocycles. The molecule has 1 rings (SSSR count). The minimum Gasteiger partial charge on any atom is -0.480 e. The predicted octanol–water partition coefficient (Wildman–Crippen LogP) is 0.411. The first-order valence-corrected chi connectivity index (χ1v) is 6.01.